The lowest BCUT2D eigenvalue weighted by molar-refractivity contribution is -0.153. The normalized spacial score (nSPS) is 11.6. The summed E-state index contributed by atoms with van der Waals surface area (Å²) in [5, 5.41) is 3.82. The van der Waals surface area contributed by atoms with E-state index in [-0.39, 0.29) is 11.5 Å². The van der Waals surface area contributed by atoms with Crippen LogP contribution in [0.2, 0.25) is 0 Å². The van der Waals surface area contributed by atoms with E-state index >= 15 is 0 Å². The van der Waals surface area contributed by atoms with Crippen LogP contribution in [0.25, 0.3) is 0 Å². The first-order valence-electron chi connectivity index (χ1n) is 9.28. The number of rotatable bonds is 9. The molecule has 0 heterocycles. The van der Waals surface area contributed by atoms with E-state index < -0.39 is 17.2 Å². The Labute approximate surface area is 175 Å². The molecule has 7 heteroatoms. The second-order valence-electron chi connectivity index (χ2n) is 7.13. The summed E-state index contributed by atoms with van der Waals surface area (Å²) in [6.07, 6.45) is 0. The topological polar surface area (TPSA) is 91.3 Å². The van der Waals surface area contributed by atoms with Crippen LogP contribution in [0.1, 0.15) is 42.3 Å². The highest BCUT2D eigenvalue weighted by Crippen LogP contribution is 2.22. The van der Waals surface area contributed by atoms with E-state index in [2.05, 4.69) is 5.16 Å². The minimum absolute atomic E-state index is 0.00408. The summed E-state index contributed by atoms with van der Waals surface area (Å²) in [5.41, 5.74) is 0.621. The standard InChI is InChI=1S/C23H25NO6/c1-15(25)17-10-12-19(13-11-17)30-14-16-6-8-18(9-7-16)20(24-29-5)21(26)23(2,3)22(27)28-4/h6-13H,14H2,1-5H3/b24-20+. The molecular weight excluding hydrogens is 386 g/mol. The van der Waals surface area contributed by atoms with Crippen molar-refractivity contribution in [1.82, 2.24) is 0 Å². The van der Waals surface area contributed by atoms with E-state index in [1.54, 1.807) is 48.5 Å². The summed E-state index contributed by atoms with van der Waals surface area (Å²) < 4.78 is 10.5. The third-order valence-electron chi connectivity index (χ3n) is 4.55. The van der Waals surface area contributed by atoms with Crippen LogP contribution in [-0.4, -0.2) is 37.5 Å². The molecule has 0 aliphatic heterocycles. The van der Waals surface area contributed by atoms with Crippen molar-refractivity contribution in [2.24, 2.45) is 10.6 Å². The van der Waals surface area contributed by atoms with Gasteiger partial charge in [-0.1, -0.05) is 29.4 Å². The van der Waals surface area contributed by atoms with E-state index in [9.17, 15) is 14.4 Å². The van der Waals surface area contributed by atoms with Gasteiger partial charge in [-0.15, -0.1) is 0 Å². The number of methoxy groups -OCH3 is 1. The molecule has 0 aliphatic rings. The van der Waals surface area contributed by atoms with Crippen molar-refractivity contribution in [3.8, 4) is 5.75 Å². The molecule has 0 fully saturated rings. The van der Waals surface area contributed by atoms with Gasteiger partial charge in [0.1, 0.15) is 24.9 Å². The molecular formula is C23H25NO6. The molecule has 2 aromatic rings. The predicted molar refractivity (Wildman–Crippen MR) is 112 cm³/mol. The van der Waals surface area contributed by atoms with Gasteiger partial charge in [-0.3, -0.25) is 14.4 Å². The fourth-order valence-corrected chi connectivity index (χ4v) is 2.67. The molecule has 0 N–H and O–H groups in total. The molecule has 0 amide bonds. The molecule has 7 nitrogen and oxygen atoms in total. The lowest BCUT2D eigenvalue weighted by atomic mass is 9.83. The molecule has 0 atom stereocenters. The number of benzene rings is 2. The predicted octanol–water partition coefficient (Wildman–Crippen LogP) is 3.59. The number of hydrogen-bond acceptors (Lipinski definition) is 7. The molecule has 2 rings (SSSR count). The second kappa shape index (κ2) is 9.82. The zero-order valence-corrected chi connectivity index (χ0v) is 17.7. The molecule has 0 saturated heterocycles. The van der Waals surface area contributed by atoms with Gasteiger partial charge in [-0.05, 0) is 50.6 Å². The maximum Gasteiger partial charge on any atom is 0.319 e. The first kappa shape index (κ1) is 22.8. The minimum atomic E-state index is -1.40. The van der Waals surface area contributed by atoms with Crippen molar-refractivity contribution in [3.05, 3.63) is 65.2 Å². The number of ketones is 2. The molecule has 0 aliphatic carbocycles. The van der Waals surface area contributed by atoms with E-state index in [0.717, 1.165) is 5.56 Å². The van der Waals surface area contributed by atoms with Gasteiger partial charge in [0.25, 0.3) is 0 Å². The average Bonchev–Trinajstić information content (AvgIpc) is 2.75. The lowest BCUT2D eigenvalue weighted by Crippen LogP contribution is -2.39. The summed E-state index contributed by atoms with van der Waals surface area (Å²) in [5.74, 6) is -0.529. The second-order valence-corrected chi connectivity index (χ2v) is 7.13. The molecule has 30 heavy (non-hydrogen) atoms. The average molecular weight is 411 g/mol. The molecule has 0 spiro atoms. The van der Waals surface area contributed by atoms with Crippen LogP contribution in [0.15, 0.2) is 53.7 Å². The molecule has 0 bridgehead atoms. The maximum atomic E-state index is 12.9. The number of hydrogen-bond donors (Lipinski definition) is 0. The van der Waals surface area contributed by atoms with Crippen LogP contribution in [-0.2, 0) is 25.8 Å². The van der Waals surface area contributed by atoms with Crippen LogP contribution < -0.4 is 4.74 Å². The summed E-state index contributed by atoms with van der Waals surface area (Å²) in [6.45, 7) is 4.77. The molecule has 2 aromatic carbocycles. The third-order valence-corrected chi connectivity index (χ3v) is 4.55. The summed E-state index contributed by atoms with van der Waals surface area (Å²) >= 11 is 0. The highest BCUT2D eigenvalue weighted by molar-refractivity contribution is 6.50. The largest absolute Gasteiger partial charge is 0.489 e. The Hall–Kier alpha value is -3.48. The number of Topliss-reactive ketones (excluding diaryl/α,β-unsaturated/α-hetero) is 2. The van der Waals surface area contributed by atoms with E-state index in [1.807, 2.05) is 0 Å². The first-order valence-corrected chi connectivity index (χ1v) is 9.28. The van der Waals surface area contributed by atoms with Crippen molar-refractivity contribution in [3.63, 3.8) is 0 Å². The van der Waals surface area contributed by atoms with Crippen molar-refractivity contribution in [2.75, 3.05) is 14.2 Å². The zero-order chi connectivity index (χ0) is 22.3. The van der Waals surface area contributed by atoms with E-state index in [4.69, 9.17) is 14.3 Å². The lowest BCUT2D eigenvalue weighted by Gasteiger charge is -2.20. The Morgan fingerprint density at radius 1 is 0.900 bits per heavy atom. The van der Waals surface area contributed by atoms with Crippen molar-refractivity contribution < 1.29 is 28.7 Å². The minimum Gasteiger partial charge on any atom is -0.489 e. The van der Waals surface area contributed by atoms with Crippen LogP contribution in [0, 0.1) is 5.41 Å². The summed E-state index contributed by atoms with van der Waals surface area (Å²) in [7, 11) is 2.56. The number of esters is 1. The fourth-order valence-electron chi connectivity index (χ4n) is 2.67. The van der Waals surface area contributed by atoms with Crippen LogP contribution in [0.5, 0.6) is 5.75 Å². The Bertz CT molecular complexity index is 943. The highest BCUT2D eigenvalue weighted by atomic mass is 16.6. The van der Waals surface area contributed by atoms with Gasteiger partial charge in [0.2, 0.25) is 5.78 Å². The molecule has 0 radical (unpaired) electrons. The monoisotopic (exact) mass is 411 g/mol. The maximum absolute atomic E-state index is 12.9. The Morgan fingerprint density at radius 2 is 1.47 bits per heavy atom. The quantitative estimate of drug-likeness (QED) is 0.206. The molecule has 0 aromatic heterocycles. The Balaban J connectivity index is 2.13. The zero-order valence-electron chi connectivity index (χ0n) is 17.7. The van der Waals surface area contributed by atoms with Crippen LogP contribution >= 0.6 is 0 Å². The van der Waals surface area contributed by atoms with Crippen LogP contribution in [0.4, 0.5) is 0 Å². The van der Waals surface area contributed by atoms with Gasteiger partial charge in [-0.25, -0.2) is 0 Å². The van der Waals surface area contributed by atoms with Gasteiger partial charge in [0.15, 0.2) is 11.5 Å². The number of ether oxygens (including phenoxy) is 2. The van der Waals surface area contributed by atoms with Crippen molar-refractivity contribution >= 4 is 23.2 Å². The summed E-state index contributed by atoms with van der Waals surface area (Å²) in [6, 6.07) is 13.9. The third kappa shape index (κ3) is 5.31. The van der Waals surface area contributed by atoms with Gasteiger partial charge < -0.3 is 14.3 Å². The van der Waals surface area contributed by atoms with Crippen molar-refractivity contribution in [2.45, 2.75) is 27.4 Å². The Kier molecular flexibility index (Phi) is 7.47. The van der Waals surface area contributed by atoms with Gasteiger partial charge in [0.05, 0.1) is 7.11 Å². The SMILES string of the molecule is CO/N=C(/C(=O)C(C)(C)C(=O)OC)c1ccc(COc2ccc(C(C)=O)cc2)cc1. The van der Waals surface area contributed by atoms with Crippen LogP contribution in [0.3, 0.4) is 0 Å². The first-order chi connectivity index (χ1) is 14.2. The number of carbonyl (C=O) groups excluding carboxylic acids is 3. The molecule has 0 saturated carbocycles. The molecule has 158 valence electrons. The van der Waals surface area contributed by atoms with Crippen molar-refractivity contribution in [1.29, 1.82) is 0 Å². The summed E-state index contributed by atoms with van der Waals surface area (Å²) in [4.78, 5) is 41.0. The number of carbonyl (C=O) groups is 3. The van der Waals surface area contributed by atoms with Gasteiger partial charge >= 0.3 is 5.97 Å². The van der Waals surface area contributed by atoms with E-state index in [0.29, 0.717) is 23.5 Å². The number of oxime groups is 1. The van der Waals surface area contributed by atoms with Gasteiger partial charge in [0, 0.05) is 11.1 Å². The van der Waals surface area contributed by atoms with E-state index in [1.165, 1.54) is 35.0 Å². The smallest absolute Gasteiger partial charge is 0.319 e. The van der Waals surface area contributed by atoms with Gasteiger partial charge in [-0.2, -0.15) is 0 Å². The Morgan fingerprint density at radius 3 is 1.97 bits per heavy atom. The fraction of sp³-hybridized carbons (Fsp3) is 0.304. The number of nitrogens with zero attached hydrogens (tertiary/aromatic N) is 1. The molecule has 0 unspecified atom stereocenters. The highest BCUT2D eigenvalue weighted by Gasteiger charge is 2.40.